The van der Waals surface area contributed by atoms with Crippen molar-refractivity contribution in [1.82, 2.24) is 38.6 Å². The minimum absolute atomic E-state index is 0.600. The maximum absolute atomic E-state index is 5.59. The molecule has 12 aromatic carbocycles. The van der Waals surface area contributed by atoms with E-state index >= 15 is 0 Å². The van der Waals surface area contributed by atoms with Gasteiger partial charge in [0.25, 0.3) is 0 Å². The van der Waals surface area contributed by atoms with Crippen LogP contribution in [0.4, 0.5) is 0 Å². The van der Waals surface area contributed by atoms with Gasteiger partial charge in [0.2, 0.25) is 0 Å². The lowest BCUT2D eigenvalue weighted by molar-refractivity contribution is 1.07. The number of nitrogens with zero attached hydrogens (tertiary/aromatic N) is 8. The summed E-state index contributed by atoms with van der Waals surface area (Å²) in [6.07, 6.45) is 1.62. The van der Waals surface area contributed by atoms with Crippen molar-refractivity contribution in [1.29, 1.82) is 0 Å². The zero-order valence-electron chi connectivity index (χ0n) is 46.9. The fourth-order valence-corrected chi connectivity index (χ4v) is 13.2. The normalized spacial score (nSPS) is 11.7. The summed E-state index contributed by atoms with van der Waals surface area (Å²) in [5.41, 5.74) is 20.0. The van der Waals surface area contributed by atoms with Crippen LogP contribution in [0.3, 0.4) is 0 Å². The molecule has 17 aromatic rings. The molecule has 0 N–H and O–H groups in total. The summed E-state index contributed by atoms with van der Waals surface area (Å²) in [5, 5.41) is 6.91. The van der Waals surface area contributed by atoms with Crippen LogP contribution in [0.1, 0.15) is 0 Å². The zero-order chi connectivity index (χ0) is 57.4. The first kappa shape index (κ1) is 49.7. The highest BCUT2D eigenvalue weighted by Gasteiger charge is 2.28. The van der Waals surface area contributed by atoms with Gasteiger partial charge in [0, 0.05) is 82.4 Å². The maximum atomic E-state index is 5.59. The molecule has 0 saturated carbocycles. The molecule has 5 heterocycles. The molecule has 0 unspecified atom stereocenters. The van der Waals surface area contributed by atoms with E-state index in [4.69, 9.17) is 19.9 Å². The Balaban J connectivity index is 1.03. The van der Waals surface area contributed by atoms with Crippen LogP contribution in [-0.4, -0.2) is 38.6 Å². The van der Waals surface area contributed by atoms with E-state index in [0.29, 0.717) is 17.5 Å². The third kappa shape index (κ3) is 8.26. The van der Waals surface area contributed by atoms with Gasteiger partial charge in [-0.05, 0) is 78.9 Å². The lowest BCUT2D eigenvalue weighted by Crippen LogP contribution is -2.06. The van der Waals surface area contributed by atoms with Crippen LogP contribution in [0.2, 0.25) is 0 Å². The minimum atomic E-state index is 0.600. The minimum Gasteiger partial charge on any atom is -0.309 e. The highest BCUT2D eigenvalue weighted by molar-refractivity contribution is 6.14. The smallest absolute Gasteiger partial charge is 0.163 e. The predicted molar refractivity (Wildman–Crippen MR) is 356 cm³/mol. The highest BCUT2D eigenvalue weighted by Crippen LogP contribution is 2.49. The van der Waals surface area contributed by atoms with Crippen molar-refractivity contribution in [3.63, 3.8) is 0 Å². The number of rotatable bonds is 10. The molecule has 0 fully saturated rings. The van der Waals surface area contributed by atoms with Gasteiger partial charge in [-0.1, -0.05) is 218 Å². The monoisotopic (exact) mass is 1110 g/mol. The third-order valence-electron chi connectivity index (χ3n) is 17.0. The van der Waals surface area contributed by atoms with Crippen LogP contribution in [-0.2, 0) is 0 Å². The Morgan fingerprint density at radius 1 is 0.218 bits per heavy atom. The Morgan fingerprint density at radius 3 is 1.08 bits per heavy atom. The van der Waals surface area contributed by atoms with Gasteiger partial charge in [0.05, 0.1) is 61.6 Å². The van der Waals surface area contributed by atoms with Crippen molar-refractivity contribution >= 4 is 65.4 Å². The summed E-state index contributed by atoms with van der Waals surface area (Å²) in [6, 6.07) is 106. The molecule has 0 radical (unpaired) electrons. The molecule has 0 atom stereocenters. The van der Waals surface area contributed by atoms with Crippen LogP contribution in [0.5, 0.6) is 0 Å². The summed E-state index contributed by atoms with van der Waals surface area (Å²) in [7, 11) is 0. The average molecular weight is 1110 g/mol. The van der Waals surface area contributed by atoms with Crippen molar-refractivity contribution in [2.24, 2.45) is 0 Å². The van der Waals surface area contributed by atoms with Crippen LogP contribution in [0, 0.1) is 0 Å². The van der Waals surface area contributed by atoms with Crippen molar-refractivity contribution in [3.8, 4) is 96.0 Å². The van der Waals surface area contributed by atoms with Gasteiger partial charge in [0.1, 0.15) is 6.33 Å². The van der Waals surface area contributed by atoms with E-state index in [1.54, 1.807) is 6.33 Å². The number of para-hydroxylation sites is 7. The van der Waals surface area contributed by atoms with Gasteiger partial charge < -0.3 is 13.7 Å². The first-order valence-corrected chi connectivity index (χ1v) is 29.3. The summed E-state index contributed by atoms with van der Waals surface area (Å²) >= 11 is 0. The van der Waals surface area contributed by atoms with Crippen LogP contribution in [0.25, 0.3) is 161 Å². The Bertz CT molecular complexity index is 5180. The number of benzene rings is 12. The lowest BCUT2D eigenvalue weighted by atomic mass is 9.90. The first-order valence-electron chi connectivity index (χ1n) is 29.3. The van der Waals surface area contributed by atoms with Crippen LogP contribution in [0.15, 0.2) is 304 Å². The van der Waals surface area contributed by atoms with E-state index in [1.165, 1.54) is 21.5 Å². The molecule has 0 amide bonds. The van der Waals surface area contributed by atoms with Crippen molar-refractivity contribution in [2.75, 3.05) is 0 Å². The predicted octanol–water partition coefficient (Wildman–Crippen LogP) is 19.6. The second kappa shape index (κ2) is 20.5. The molecule has 406 valence electrons. The molecule has 5 aromatic heterocycles. The molecule has 8 nitrogen and oxygen atoms in total. The Kier molecular flexibility index (Phi) is 11.7. The molecule has 17 rings (SSSR count). The van der Waals surface area contributed by atoms with E-state index in [2.05, 4.69) is 273 Å². The SMILES string of the molecule is c1ccc(-c2cc(-c3cc(-c4ccccc4-n4c5ccccc5c5ccccc54)c(-n4c5ccccc5c5cc(-c6ncnc(-c7ccccc7)n6)ccc54)c(-c4ccccc4-n4c5ccccc5c5ccccc54)c3)nc(-c3ccccc3)n2)cc1. The Labute approximate surface area is 500 Å². The molecule has 0 aliphatic heterocycles. The van der Waals surface area contributed by atoms with Crippen molar-refractivity contribution < 1.29 is 0 Å². The lowest BCUT2D eigenvalue weighted by Gasteiger charge is -2.24. The molecular formula is C79H50N8. The molecule has 0 spiro atoms. The summed E-state index contributed by atoms with van der Waals surface area (Å²) < 4.78 is 7.40. The topological polar surface area (TPSA) is 79.2 Å². The van der Waals surface area contributed by atoms with Gasteiger partial charge in [-0.2, -0.15) is 0 Å². The second-order valence-corrected chi connectivity index (χ2v) is 22.0. The van der Waals surface area contributed by atoms with Gasteiger partial charge in [0.15, 0.2) is 17.5 Å². The van der Waals surface area contributed by atoms with Gasteiger partial charge in [-0.15, -0.1) is 0 Å². The first-order chi connectivity index (χ1) is 43.2. The molecule has 0 saturated heterocycles. The number of hydrogen-bond donors (Lipinski definition) is 0. The standard InChI is InChI=1S/C79H50N8/c1-4-24-51(25-5-1)66-49-67(83-79(82-66)53-28-8-3-9-29-53)55-47-64(61-35-15-21-41-72(61)85-68-37-17-10-30-56(68)57-31-11-18-38-69(57)85)76(65(48-55)62-36-16-22-42-73(62)86-70-39-19-12-32-58(70)59-33-13-20-40-71(59)86)87-74-43-23-14-34-60(74)63-46-54(44-45-75(63)87)78-81-50-80-77(84-78)52-26-6-2-7-27-52/h1-50H. The van der Waals surface area contributed by atoms with Gasteiger partial charge in [-0.3, -0.25) is 0 Å². The third-order valence-corrected chi connectivity index (χ3v) is 17.0. The Morgan fingerprint density at radius 2 is 0.586 bits per heavy atom. The highest BCUT2D eigenvalue weighted by atomic mass is 15.0. The van der Waals surface area contributed by atoms with E-state index < -0.39 is 0 Å². The molecule has 0 aliphatic carbocycles. The zero-order valence-corrected chi connectivity index (χ0v) is 46.9. The van der Waals surface area contributed by atoms with E-state index in [0.717, 1.165) is 122 Å². The van der Waals surface area contributed by atoms with E-state index in [-0.39, 0.29) is 0 Å². The quantitative estimate of drug-likeness (QED) is 0.136. The number of aromatic nitrogens is 8. The largest absolute Gasteiger partial charge is 0.309 e. The number of hydrogen-bond acceptors (Lipinski definition) is 5. The van der Waals surface area contributed by atoms with Gasteiger partial charge >= 0.3 is 0 Å². The van der Waals surface area contributed by atoms with Crippen LogP contribution >= 0.6 is 0 Å². The Hall–Kier alpha value is -11.9. The fraction of sp³-hybridized carbons (Fsp3) is 0. The van der Waals surface area contributed by atoms with Crippen molar-refractivity contribution in [3.05, 3.63) is 304 Å². The molecule has 8 heteroatoms. The molecule has 87 heavy (non-hydrogen) atoms. The summed E-state index contributed by atoms with van der Waals surface area (Å²) in [6.45, 7) is 0. The summed E-state index contributed by atoms with van der Waals surface area (Å²) in [4.78, 5) is 25.4. The molecule has 0 bridgehead atoms. The van der Waals surface area contributed by atoms with E-state index in [1.807, 2.05) is 42.5 Å². The summed E-state index contributed by atoms with van der Waals surface area (Å²) in [5.74, 6) is 1.86. The molecule has 0 aliphatic rings. The maximum Gasteiger partial charge on any atom is 0.163 e. The second-order valence-electron chi connectivity index (χ2n) is 22.0. The van der Waals surface area contributed by atoms with Crippen LogP contribution < -0.4 is 0 Å². The van der Waals surface area contributed by atoms with Gasteiger partial charge in [-0.25, -0.2) is 24.9 Å². The fourth-order valence-electron chi connectivity index (χ4n) is 13.2. The average Bonchev–Trinajstić information content (AvgIpc) is 1.87. The van der Waals surface area contributed by atoms with Crippen molar-refractivity contribution in [2.45, 2.75) is 0 Å². The van der Waals surface area contributed by atoms with E-state index in [9.17, 15) is 0 Å². The molecular weight excluding hydrogens is 1060 g/mol. The number of fused-ring (bicyclic) bond motifs is 9.